The Kier molecular flexibility index (Phi) is 4.44. The van der Waals surface area contributed by atoms with E-state index in [1.54, 1.807) is 7.05 Å². The fraction of sp³-hybridized carbons (Fsp3) is 0.533. The quantitative estimate of drug-likeness (QED) is 0.626. The molecule has 1 fully saturated rings. The van der Waals surface area contributed by atoms with Gasteiger partial charge in [0.1, 0.15) is 16.2 Å². The molecule has 0 atom stereocenters. The van der Waals surface area contributed by atoms with Gasteiger partial charge in [0.15, 0.2) is 5.65 Å². The molecular formula is C15H19N5O3S. The highest BCUT2D eigenvalue weighted by atomic mass is 32.2. The molecule has 0 bridgehead atoms. The van der Waals surface area contributed by atoms with Crippen LogP contribution in [0.4, 0.5) is 0 Å². The van der Waals surface area contributed by atoms with E-state index in [4.69, 9.17) is 5.73 Å². The number of rotatable bonds is 4. The highest BCUT2D eigenvalue weighted by Gasteiger charge is 2.24. The van der Waals surface area contributed by atoms with Crippen molar-refractivity contribution < 1.29 is 4.79 Å². The number of thioether (sulfide) groups is 1. The van der Waals surface area contributed by atoms with Gasteiger partial charge in [0.25, 0.3) is 5.56 Å². The minimum atomic E-state index is -0.490. The lowest BCUT2D eigenvalue weighted by Gasteiger charge is -2.14. The van der Waals surface area contributed by atoms with Crippen LogP contribution in [0.2, 0.25) is 0 Å². The number of nitrogens with two attached hydrogens (primary N) is 1. The molecule has 3 rings (SSSR count). The Labute approximate surface area is 142 Å². The van der Waals surface area contributed by atoms with Gasteiger partial charge < -0.3 is 5.73 Å². The van der Waals surface area contributed by atoms with Crippen LogP contribution >= 0.6 is 11.8 Å². The van der Waals surface area contributed by atoms with Gasteiger partial charge in [-0.3, -0.25) is 18.7 Å². The van der Waals surface area contributed by atoms with E-state index in [0.29, 0.717) is 16.5 Å². The Morgan fingerprint density at radius 2 is 1.88 bits per heavy atom. The van der Waals surface area contributed by atoms with Crippen molar-refractivity contribution in [1.29, 1.82) is 0 Å². The first kappa shape index (κ1) is 16.7. The van der Waals surface area contributed by atoms with E-state index in [1.165, 1.54) is 11.6 Å². The second-order valence-corrected chi connectivity index (χ2v) is 6.99. The summed E-state index contributed by atoms with van der Waals surface area (Å²) in [6.45, 7) is 0. The number of aromatic nitrogens is 4. The molecule has 2 aromatic rings. The van der Waals surface area contributed by atoms with E-state index in [-0.39, 0.29) is 17.1 Å². The zero-order chi connectivity index (χ0) is 17.4. The number of fused-ring (bicyclic) bond motifs is 1. The molecule has 2 N–H and O–H groups in total. The third kappa shape index (κ3) is 2.83. The van der Waals surface area contributed by atoms with Gasteiger partial charge in [0.05, 0.1) is 5.75 Å². The van der Waals surface area contributed by atoms with Gasteiger partial charge in [0, 0.05) is 20.0 Å². The molecule has 0 aliphatic heterocycles. The summed E-state index contributed by atoms with van der Waals surface area (Å²) in [6, 6.07) is 0. The molecule has 1 aliphatic carbocycles. The van der Waals surface area contributed by atoms with Crippen LogP contribution in [0.15, 0.2) is 14.6 Å². The second kappa shape index (κ2) is 6.39. The Bertz CT molecular complexity index is 927. The lowest BCUT2D eigenvalue weighted by molar-refractivity contribution is -0.115. The molecule has 1 amide bonds. The molecule has 0 saturated heterocycles. The summed E-state index contributed by atoms with van der Waals surface area (Å²) >= 11 is 1.11. The number of primary amides is 1. The first-order valence-electron chi connectivity index (χ1n) is 7.79. The standard InChI is InChI=1S/C15H19N5O3S/c1-19-12-10(14(22)20(2)15(19)23)13(24-7-9(16)21)18-11(17-12)8-5-3-4-6-8/h8H,3-7H2,1-2H3,(H2,16,21). The monoisotopic (exact) mass is 349 g/mol. The number of nitrogens with zero attached hydrogens (tertiary/aromatic N) is 4. The van der Waals surface area contributed by atoms with Crippen LogP contribution in [0.5, 0.6) is 0 Å². The lowest BCUT2D eigenvalue weighted by Crippen LogP contribution is -2.38. The molecule has 0 unspecified atom stereocenters. The van der Waals surface area contributed by atoms with Crippen LogP contribution in [0.25, 0.3) is 11.0 Å². The molecule has 0 spiro atoms. The van der Waals surface area contributed by atoms with E-state index in [0.717, 1.165) is 42.0 Å². The molecule has 1 saturated carbocycles. The van der Waals surface area contributed by atoms with Gasteiger partial charge in [-0.1, -0.05) is 24.6 Å². The Hall–Kier alpha value is -2.16. The van der Waals surface area contributed by atoms with Crippen molar-refractivity contribution in [2.24, 2.45) is 19.8 Å². The summed E-state index contributed by atoms with van der Waals surface area (Å²) in [7, 11) is 3.00. The summed E-state index contributed by atoms with van der Waals surface area (Å²) in [6.07, 6.45) is 4.21. The van der Waals surface area contributed by atoms with Crippen molar-refractivity contribution in [3.63, 3.8) is 0 Å². The molecule has 128 valence electrons. The topological polar surface area (TPSA) is 113 Å². The Morgan fingerprint density at radius 3 is 2.50 bits per heavy atom. The molecule has 1 aliphatic rings. The van der Waals surface area contributed by atoms with Crippen molar-refractivity contribution >= 4 is 28.7 Å². The largest absolute Gasteiger partial charge is 0.369 e. The zero-order valence-corrected chi connectivity index (χ0v) is 14.4. The van der Waals surface area contributed by atoms with E-state index >= 15 is 0 Å². The average Bonchev–Trinajstić information content (AvgIpc) is 3.09. The van der Waals surface area contributed by atoms with Crippen LogP contribution < -0.4 is 17.0 Å². The molecule has 0 aromatic carbocycles. The molecule has 8 nitrogen and oxygen atoms in total. The highest BCUT2D eigenvalue weighted by molar-refractivity contribution is 8.00. The number of carbonyl (C=O) groups excluding carboxylic acids is 1. The summed E-state index contributed by atoms with van der Waals surface area (Å²) < 4.78 is 2.38. The molecule has 24 heavy (non-hydrogen) atoms. The molecule has 2 heterocycles. The number of amides is 1. The van der Waals surface area contributed by atoms with E-state index in [2.05, 4.69) is 9.97 Å². The fourth-order valence-electron chi connectivity index (χ4n) is 3.06. The maximum Gasteiger partial charge on any atom is 0.332 e. The number of hydrogen-bond acceptors (Lipinski definition) is 6. The minimum absolute atomic E-state index is 0.0161. The van der Waals surface area contributed by atoms with Crippen molar-refractivity contribution in [3.8, 4) is 0 Å². The van der Waals surface area contributed by atoms with E-state index < -0.39 is 17.2 Å². The first-order valence-corrected chi connectivity index (χ1v) is 8.77. The number of hydrogen-bond donors (Lipinski definition) is 1. The highest BCUT2D eigenvalue weighted by Crippen LogP contribution is 2.34. The van der Waals surface area contributed by atoms with E-state index in [1.807, 2.05) is 0 Å². The Morgan fingerprint density at radius 1 is 1.21 bits per heavy atom. The molecular weight excluding hydrogens is 330 g/mol. The minimum Gasteiger partial charge on any atom is -0.369 e. The number of carbonyl (C=O) groups is 1. The van der Waals surface area contributed by atoms with Crippen LogP contribution in [0, 0.1) is 0 Å². The number of aryl methyl sites for hydroxylation is 1. The van der Waals surface area contributed by atoms with Crippen molar-refractivity contribution in [1.82, 2.24) is 19.1 Å². The summed E-state index contributed by atoms with van der Waals surface area (Å²) in [5, 5.41) is 0.671. The predicted molar refractivity (Wildman–Crippen MR) is 91.1 cm³/mol. The van der Waals surface area contributed by atoms with E-state index in [9.17, 15) is 14.4 Å². The maximum atomic E-state index is 12.5. The first-order chi connectivity index (χ1) is 11.4. The molecule has 0 radical (unpaired) electrons. The van der Waals surface area contributed by atoms with Gasteiger partial charge in [-0.15, -0.1) is 0 Å². The summed E-state index contributed by atoms with van der Waals surface area (Å²) in [4.78, 5) is 44.9. The second-order valence-electron chi connectivity index (χ2n) is 6.03. The van der Waals surface area contributed by atoms with Gasteiger partial charge >= 0.3 is 5.69 Å². The van der Waals surface area contributed by atoms with Crippen LogP contribution in [-0.4, -0.2) is 30.8 Å². The lowest BCUT2D eigenvalue weighted by atomic mass is 10.1. The normalized spacial score (nSPS) is 15.2. The van der Waals surface area contributed by atoms with Crippen molar-refractivity contribution in [2.45, 2.75) is 36.6 Å². The smallest absolute Gasteiger partial charge is 0.332 e. The van der Waals surface area contributed by atoms with Crippen LogP contribution in [0.1, 0.15) is 37.4 Å². The maximum absolute atomic E-state index is 12.5. The zero-order valence-electron chi connectivity index (χ0n) is 13.6. The SMILES string of the molecule is Cn1c(=O)c2c(SCC(N)=O)nc(C3CCCC3)nc2n(C)c1=O. The van der Waals surface area contributed by atoms with Gasteiger partial charge in [-0.05, 0) is 12.8 Å². The third-order valence-electron chi connectivity index (χ3n) is 4.36. The van der Waals surface area contributed by atoms with Crippen LogP contribution in [-0.2, 0) is 18.9 Å². The molecule has 9 heteroatoms. The van der Waals surface area contributed by atoms with Crippen LogP contribution in [0.3, 0.4) is 0 Å². The van der Waals surface area contributed by atoms with Crippen molar-refractivity contribution in [3.05, 3.63) is 26.7 Å². The Balaban J connectivity index is 2.29. The predicted octanol–water partition coefficient (Wildman–Crippen LogP) is 0.262. The average molecular weight is 349 g/mol. The third-order valence-corrected chi connectivity index (χ3v) is 5.35. The van der Waals surface area contributed by atoms with Gasteiger partial charge in [-0.2, -0.15) is 0 Å². The fourth-order valence-corrected chi connectivity index (χ4v) is 3.82. The van der Waals surface area contributed by atoms with Gasteiger partial charge in [-0.25, -0.2) is 14.8 Å². The van der Waals surface area contributed by atoms with Gasteiger partial charge in [0.2, 0.25) is 5.91 Å². The summed E-state index contributed by atoms with van der Waals surface area (Å²) in [5.41, 5.74) is 4.64. The molecule has 2 aromatic heterocycles. The summed E-state index contributed by atoms with van der Waals surface area (Å²) in [5.74, 6) is 0.384. The van der Waals surface area contributed by atoms with Crippen molar-refractivity contribution in [2.75, 3.05) is 5.75 Å².